The van der Waals surface area contributed by atoms with Gasteiger partial charge >= 0.3 is 0 Å². The molecule has 0 unspecified atom stereocenters. The van der Waals surface area contributed by atoms with Crippen LogP contribution in [0.3, 0.4) is 0 Å². The van der Waals surface area contributed by atoms with Crippen LogP contribution >= 0.6 is 0 Å². The van der Waals surface area contributed by atoms with E-state index < -0.39 is 30.6 Å². The Morgan fingerprint density at radius 2 is 1.19 bits per heavy atom. The van der Waals surface area contributed by atoms with Gasteiger partial charge in [0, 0.05) is 6.92 Å². The highest BCUT2D eigenvalue weighted by Crippen LogP contribution is 2.29. The standard InChI is InChI=1S/C29H33NO6/c1-21(32)30-26-28(34-19-23-13-7-3-8-14-23)27(33-18-22-11-5-2-6-12-22)25(17-31)36-29(26)35-20-24-15-9-4-10-16-24/h2-16,25-29,31H,17-20H2,1H3,(H,30,32)/t25-,26-,27+,28-,29+/m1/s1. The molecule has 1 heterocycles. The highest BCUT2D eigenvalue weighted by molar-refractivity contribution is 5.73. The van der Waals surface area contributed by atoms with Crippen LogP contribution in [0.2, 0.25) is 0 Å². The number of nitrogens with one attached hydrogen (secondary N) is 1. The molecule has 0 radical (unpaired) electrons. The van der Waals surface area contributed by atoms with Gasteiger partial charge < -0.3 is 29.4 Å². The first kappa shape index (κ1) is 26.0. The third-order valence-electron chi connectivity index (χ3n) is 6.02. The zero-order valence-corrected chi connectivity index (χ0v) is 20.4. The second-order valence-electron chi connectivity index (χ2n) is 8.77. The third-order valence-corrected chi connectivity index (χ3v) is 6.02. The molecular weight excluding hydrogens is 458 g/mol. The zero-order valence-electron chi connectivity index (χ0n) is 20.4. The number of hydrogen-bond donors (Lipinski definition) is 2. The Labute approximate surface area is 212 Å². The minimum absolute atomic E-state index is 0.241. The molecule has 36 heavy (non-hydrogen) atoms. The molecule has 1 fully saturated rings. The fraction of sp³-hybridized carbons (Fsp3) is 0.345. The largest absolute Gasteiger partial charge is 0.394 e. The van der Waals surface area contributed by atoms with Crippen molar-refractivity contribution in [2.24, 2.45) is 0 Å². The van der Waals surface area contributed by atoms with E-state index in [9.17, 15) is 9.90 Å². The number of ether oxygens (including phenoxy) is 4. The van der Waals surface area contributed by atoms with Gasteiger partial charge in [0.05, 0.1) is 26.4 Å². The van der Waals surface area contributed by atoms with Crippen molar-refractivity contribution in [3.05, 3.63) is 108 Å². The molecule has 0 spiro atoms. The van der Waals surface area contributed by atoms with Crippen LogP contribution in [0.15, 0.2) is 91.0 Å². The smallest absolute Gasteiger partial charge is 0.217 e. The van der Waals surface area contributed by atoms with Crippen molar-refractivity contribution in [2.75, 3.05) is 6.61 Å². The van der Waals surface area contributed by atoms with Crippen LogP contribution in [0.1, 0.15) is 23.6 Å². The van der Waals surface area contributed by atoms with Crippen molar-refractivity contribution >= 4 is 5.91 Å². The summed E-state index contributed by atoms with van der Waals surface area (Å²) in [6, 6.07) is 28.6. The Kier molecular flexibility index (Phi) is 9.61. The van der Waals surface area contributed by atoms with Gasteiger partial charge in [-0.25, -0.2) is 0 Å². The lowest BCUT2D eigenvalue weighted by Crippen LogP contribution is -2.65. The summed E-state index contributed by atoms with van der Waals surface area (Å²) in [5.41, 5.74) is 2.93. The van der Waals surface area contributed by atoms with Gasteiger partial charge in [-0.1, -0.05) is 91.0 Å². The Morgan fingerprint density at radius 1 is 0.750 bits per heavy atom. The third kappa shape index (κ3) is 7.22. The summed E-state index contributed by atoms with van der Waals surface area (Å²) in [6.45, 7) is 2.04. The molecule has 7 nitrogen and oxygen atoms in total. The van der Waals surface area contributed by atoms with Crippen molar-refractivity contribution < 1.29 is 28.8 Å². The lowest BCUT2D eigenvalue weighted by molar-refractivity contribution is -0.290. The summed E-state index contributed by atoms with van der Waals surface area (Å²) in [7, 11) is 0. The van der Waals surface area contributed by atoms with Crippen molar-refractivity contribution in [2.45, 2.75) is 57.4 Å². The number of aliphatic hydroxyl groups is 1. The van der Waals surface area contributed by atoms with Gasteiger partial charge in [-0.15, -0.1) is 0 Å². The SMILES string of the molecule is CC(=O)N[C@H]1[C@@H](OCc2ccccc2)O[C@H](CO)[C@H](OCc2ccccc2)[C@@H]1OCc1ccccc1. The maximum atomic E-state index is 12.2. The van der Waals surface area contributed by atoms with Gasteiger partial charge in [0.2, 0.25) is 5.91 Å². The van der Waals surface area contributed by atoms with Crippen LogP contribution < -0.4 is 5.32 Å². The first-order chi connectivity index (χ1) is 17.6. The van der Waals surface area contributed by atoms with Gasteiger partial charge in [-0.05, 0) is 16.7 Å². The number of amides is 1. The second kappa shape index (κ2) is 13.3. The quantitative estimate of drug-likeness (QED) is 0.426. The fourth-order valence-electron chi connectivity index (χ4n) is 4.27. The van der Waals surface area contributed by atoms with Crippen molar-refractivity contribution in [3.8, 4) is 0 Å². The van der Waals surface area contributed by atoms with Gasteiger partial charge in [-0.2, -0.15) is 0 Å². The number of hydrogen-bond acceptors (Lipinski definition) is 6. The van der Waals surface area contributed by atoms with Crippen LogP contribution in [0.4, 0.5) is 0 Å². The second-order valence-corrected chi connectivity index (χ2v) is 8.77. The van der Waals surface area contributed by atoms with Crippen LogP contribution in [0, 0.1) is 0 Å². The highest BCUT2D eigenvalue weighted by Gasteiger charge is 2.48. The minimum atomic E-state index is -0.844. The van der Waals surface area contributed by atoms with Crippen LogP contribution in [0.25, 0.3) is 0 Å². The first-order valence-corrected chi connectivity index (χ1v) is 12.1. The van der Waals surface area contributed by atoms with Crippen LogP contribution in [-0.2, 0) is 43.6 Å². The molecule has 7 heteroatoms. The number of carbonyl (C=O) groups excluding carboxylic acids is 1. The monoisotopic (exact) mass is 491 g/mol. The normalized spacial score (nSPS) is 23.8. The molecule has 190 valence electrons. The van der Waals surface area contributed by atoms with E-state index in [1.165, 1.54) is 6.92 Å². The van der Waals surface area contributed by atoms with Crippen LogP contribution in [-0.4, -0.2) is 48.3 Å². The molecule has 3 aromatic carbocycles. The lowest BCUT2D eigenvalue weighted by Gasteiger charge is -2.45. The van der Waals surface area contributed by atoms with Crippen molar-refractivity contribution in [1.82, 2.24) is 5.32 Å². The van der Waals surface area contributed by atoms with E-state index in [0.29, 0.717) is 13.2 Å². The number of rotatable bonds is 11. The zero-order chi connectivity index (χ0) is 25.2. The van der Waals surface area contributed by atoms with Gasteiger partial charge in [0.1, 0.15) is 24.4 Å². The van der Waals surface area contributed by atoms with Gasteiger partial charge in [-0.3, -0.25) is 4.79 Å². The highest BCUT2D eigenvalue weighted by atomic mass is 16.7. The number of benzene rings is 3. The number of carbonyl (C=O) groups is 1. The maximum Gasteiger partial charge on any atom is 0.217 e. The van der Waals surface area contributed by atoms with E-state index in [4.69, 9.17) is 18.9 Å². The van der Waals surface area contributed by atoms with E-state index in [1.54, 1.807) is 0 Å². The molecule has 3 aromatic rings. The van der Waals surface area contributed by atoms with Crippen molar-refractivity contribution in [3.63, 3.8) is 0 Å². The Bertz CT molecular complexity index is 1050. The predicted molar refractivity (Wildman–Crippen MR) is 135 cm³/mol. The summed E-state index contributed by atoms with van der Waals surface area (Å²) < 4.78 is 25.0. The van der Waals surface area contributed by atoms with E-state index in [0.717, 1.165) is 16.7 Å². The molecular formula is C29H33NO6. The molecule has 1 saturated heterocycles. The molecule has 5 atom stereocenters. The van der Waals surface area contributed by atoms with Crippen LogP contribution in [0.5, 0.6) is 0 Å². The molecule has 0 saturated carbocycles. The van der Waals surface area contributed by atoms with Gasteiger partial charge in [0.15, 0.2) is 6.29 Å². The minimum Gasteiger partial charge on any atom is -0.394 e. The van der Waals surface area contributed by atoms with Crippen molar-refractivity contribution in [1.29, 1.82) is 0 Å². The average Bonchev–Trinajstić information content (AvgIpc) is 2.92. The lowest BCUT2D eigenvalue weighted by atomic mass is 9.96. The summed E-state index contributed by atoms with van der Waals surface area (Å²) in [6.07, 6.45) is -2.83. The predicted octanol–water partition coefficient (Wildman–Crippen LogP) is 3.60. The molecule has 0 aliphatic carbocycles. The van der Waals surface area contributed by atoms with E-state index in [-0.39, 0.29) is 19.1 Å². The summed E-state index contributed by atoms with van der Waals surface area (Å²) in [5.74, 6) is -0.241. The molecule has 4 rings (SSSR count). The topological polar surface area (TPSA) is 86.3 Å². The van der Waals surface area contributed by atoms with E-state index in [2.05, 4.69) is 5.32 Å². The van der Waals surface area contributed by atoms with E-state index >= 15 is 0 Å². The summed E-state index contributed by atoms with van der Waals surface area (Å²) >= 11 is 0. The maximum absolute atomic E-state index is 12.2. The average molecular weight is 492 g/mol. The summed E-state index contributed by atoms with van der Waals surface area (Å²) in [5, 5.41) is 13.2. The molecule has 1 aliphatic rings. The first-order valence-electron chi connectivity index (χ1n) is 12.1. The molecule has 1 aliphatic heterocycles. The Morgan fingerprint density at radius 3 is 1.64 bits per heavy atom. The Balaban J connectivity index is 1.58. The molecule has 2 N–H and O–H groups in total. The molecule has 0 bridgehead atoms. The molecule has 1 amide bonds. The molecule has 0 aromatic heterocycles. The fourth-order valence-corrected chi connectivity index (χ4v) is 4.27. The summed E-state index contributed by atoms with van der Waals surface area (Å²) in [4.78, 5) is 12.2. The van der Waals surface area contributed by atoms with E-state index in [1.807, 2.05) is 91.0 Å². The van der Waals surface area contributed by atoms with Gasteiger partial charge in [0.25, 0.3) is 0 Å². The Hall–Kier alpha value is -3.07. The number of aliphatic hydroxyl groups excluding tert-OH is 1.